The smallest absolute Gasteiger partial charge is 0.259 e. The Balaban J connectivity index is 1.80. The van der Waals surface area contributed by atoms with Gasteiger partial charge in [0.2, 0.25) is 10.0 Å². The van der Waals surface area contributed by atoms with Gasteiger partial charge in [-0.15, -0.1) is 11.3 Å². The van der Waals surface area contributed by atoms with Gasteiger partial charge in [-0.3, -0.25) is 4.79 Å². The highest BCUT2D eigenvalue weighted by molar-refractivity contribution is 7.89. The van der Waals surface area contributed by atoms with E-state index in [0.717, 1.165) is 15.3 Å². The summed E-state index contributed by atoms with van der Waals surface area (Å²) in [5.41, 5.74) is 3.64. The van der Waals surface area contributed by atoms with Gasteiger partial charge in [-0.25, -0.2) is 18.1 Å². The van der Waals surface area contributed by atoms with Gasteiger partial charge in [0, 0.05) is 21.0 Å². The summed E-state index contributed by atoms with van der Waals surface area (Å²) in [6.45, 7) is 7.45. The quantitative estimate of drug-likeness (QED) is 0.448. The average molecular weight is 471 g/mol. The lowest BCUT2D eigenvalue weighted by molar-refractivity contribution is 0.102. The van der Waals surface area contributed by atoms with E-state index in [1.165, 1.54) is 13.1 Å². The van der Waals surface area contributed by atoms with Gasteiger partial charge in [-0.2, -0.15) is 0 Å². The Bertz CT molecular complexity index is 1470. The van der Waals surface area contributed by atoms with Crippen LogP contribution in [0.15, 0.2) is 39.8 Å². The number of nitrogens with one attached hydrogen (secondary N) is 2. The summed E-state index contributed by atoms with van der Waals surface area (Å²) >= 11 is 1.65. The zero-order chi connectivity index (χ0) is 23.2. The third-order valence-corrected chi connectivity index (χ3v) is 7.71. The van der Waals surface area contributed by atoms with Crippen molar-refractivity contribution in [1.82, 2.24) is 14.9 Å². The van der Waals surface area contributed by atoms with Crippen molar-refractivity contribution in [3.63, 3.8) is 0 Å². The number of aryl methyl sites for hydroxylation is 4. The Morgan fingerprint density at radius 3 is 2.50 bits per heavy atom. The Morgan fingerprint density at radius 2 is 1.84 bits per heavy atom. The molecule has 0 fully saturated rings. The van der Waals surface area contributed by atoms with Gasteiger partial charge in [0.1, 0.15) is 0 Å². The predicted octanol–water partition coefficient (Wildman–Crippen LogP) is 4.35. The van der Waals surface area contributed by atoms with E-state index in [0.29, 0.717) is 33.6 Å². The molecule has 0 aliphatic rings. The number of aromatic nitrogens is 2. The number of hydrogen-bond donors (Lipinski definition) is 2. The first-order valence-electron chi connectivity index (χ1n) is 9.80. The molecule has 3 heterocycles. The van der Waals surface area contributed by atoms with E-state index in [1.54, 1.807) is 43.4 Å². The lowest BCUT2D eigenvalue weighted by Gasteiger charge is -2.11. The van der Waals surface area contributed by atoms with Gasteiger partial charge in [-0.1, -0.05) is 11.2 Å². The fourth-order valence-electron chi connectivity index (χ4n) is 3.57. The monoisotopic (exact) mass is 470 g/mol. The van der Waals surface area contributed by atoms with Crippen LogP contribution in [0.2, 0.25) is 0 Å². The topological polar surface area (TPSA) is 114 Å². The second kappa shape index (κ2) is 8.12. The van der Waals surface area contributed by atoms with E-state index < -0.39 is 15.9 Å². The van der Waals surface area contributed by atoms with Crippen molar-refractivity contribution in [2.45, 2.75) is 32.6 Å². The molecule has 0 aliphatic carbocycles. The average Bonchev–Trinajstić information content (AvgIpc) is 3.29. The van der Waals surface area contributed by atoms with E-state index in [9.17, 15) is 13.2 Å². The first kappa shape index (κ1) is 22.1. The summed E-state index contributed by atoms with van der Waals surface area (Å²) in [6.07, 6.45) is 0. The molecule has 3 aromatic heterocycles. The van der Waals surface area contributed by atoms with Crippen molar-refractivity contribution < 1.29 is 17.7 Å². The maximum Gasteiger partial charge on any atom is 0.259 e. The van der Waals surface area contributed by atoms with Gasteiger partial charge in [0.25, 0.3) is 11.6 Å². The van der Waals surface area contributed by atoms with Crippen molar-refractivity contribution in [3.8, 4) is 11.3 Å². The van der Waals surface area contributed by atoms with Crippen LogP contribution < -0.4 is 10.0 Å². The van der Waals surface area contributed by atoms with Crippen LogP contribution >= 0.6 is 11.3 Å². The molecule has 0 atom stereocenters. The van der Waals surface area contributed by atoms with E-state index in [2.05, 4.69) is 20.2 Å². The van der Waals surface area contributed by atoms with Gasteiger partial charge in [0.05, 0.1) is 27.2 Å². The standard InChI is InChI=1S/C22H22N4O4S2/c1-11-6-7-15(9-19(11)32(28,29)23-5)24-21(27)17-10-18(16-8-12(2)31-14(16)4)25-22-20(17)13(3)26-30-22/h6-10,23H,1-5H3,(H,24,27). The molecule has 0 radical (unpaired) electrons. The van der Waals surface area contributed by atoms with Gasteiger partial charge < -0.3 is 9.84 Å². The van der Waals surface area contributed by atoms with Crippen LogP contribution in [-0.2, 0) is 10.0 Å². The summed E-state index contributed by atoms with van der Waals surface area (Å²) < 4.78 is 32.3. The van der Waals surface area contributed by atoms with Crippen molar-refractivity contribution in [2.24, 2.45) is 0 Å². The summed E-state index contributed by atoms with van der Waals surface area (Å²) in [5.74, 6) is -0.411. The molecule has 0 saturated heterocycles. The fourth-order valence-corrected chi connectivity index (χ4v) is 5.50. The number of pyridine rings is 1. The number of carbonyl (C=O) groups excluding carboxylic acids is 1. The maximum absolute atomic E-state index is 13.3. The summed E-state index contributed by atoms with van der Waals surface area (Å²) in [4.78, 5) is 20.2. The number of anilines is 1. The molecule has 2 N–H and O–H groups in total. The molecule has 4 aromatic rings. The zero-order valence-electron chi connectivity index (χ0n) is 18.2. The molecular weight excluding hydrogens is 448 g/mol. The highest BCUT2D eigenvalue weighted by Crippen LogP contribution is 2.33. The van der Waals surface area contributed by atoms with Crippen LogP contribution in [0.5, 0.6) is 0 Å². The molecule has 0 aliphatic heterocycles. The third kappa shape index (κ3) is 3.92. The van der Waals surface area contributed by atoms with Crippen molar-refractivity contribution >= 4 is 44.1 Å². The summed E-state index contributed by atoms with van der Waals surface area (Å²) in [7, 11) is -2.32. The highest BCUT2D eigenvalue weighted by atomic mass is 32.2. The SMILES string of the molecule is CNS(=O)(=O)c1cc(NC(=O)c2cc(-c3cc(C)sc3C)nc3onc(C)c23)ccc1C. The molecule has 10 heteroatoms. The number of benzene rings is 1. The molecule has 166 valence electrons. The first-order valence-corrected chi connectivity index (χ1v) is 12.1. The van der Waals surface area contributed by atoms with Crippen molar-refractivity contribution in [2.75, 3.05) is 12.4 Å². The zero-order valence-corrected chi connectivity index (χ0v) is 19.9. The Morgan fingerprint density at radius 1 is 1.09 bits per heavy atom. The Hall–Kier alpha value is -3.08. The highest BCUT2D eigenvalue weighted by Gasteiger charge is 2.22. The second-order valence-corrected chi connectivity index (χ2v) is 10.8. The van der Waals surface area contributed by atoms with Crippen LogP contribution in [-0.4, -0.2) is 31.5 Å². The largest absolute Gasteiger partial charge is 0.335 e. The molecule has 0 bridgehead atoms. The van der Waals surface area contributed by atoms with Crippen LogP contribution in [0.25, 0.3) is 22.4 Å². The molecule has 32 heavy (non-hydrogen) atoms. The number of carbonyl (C=O) groups is 1. The normalized spacial score (nSPS) is 11.8. The Labute approximate surface area is 189 Å². The number of thiophene rings is 1. The van der Waals surface area contributed by atoms with E-state index in [-0.39, 0.29) is 10.6 Å². The molecule has 1 amide bonds. The minimum Gasteiger partial charge on any atom is -0.335 e. The van der Waals surface area contributed by atoms with Gasteiger partial charge >= 0.3 is 0 Å². The lowest BCUT2D eigenvalue weighted by Crippen LogP contribution is -2.20. The van der Waals surface area contributed by atoms with Gasteiger partial charge in [0.15, 0.2) is 0 Å². The van der Waals surface area contributed by atoms with Crippen LogP contribution in [0, 0.1) is 27.7 Å². The minimum atomic E-state index is -3.66. The number of sulfonamides is 1. The van der Waals surface area contributed by atoms with E-state index in [1.807, 2.05) is 19.9 Å². The number of amides is 1. The van der Waals surface area contributed by atoms with Crippen molar-refractivity contribution in [3.05, 3.63) is 56.9 Å². The predicted molar refractivity (Wildman–Crippen MR) is 125 cm³/mol. The number of hydrogen-bond acceptors (Lipinski definition) is 7. The molecule has 8 nitrogen and oxygen atoms in total. The lowest BCUT2D eigenvalue weighted by atomic mass is 10.1. The second-order valence-electron chi connectivity index (χ2n) is 7.47. The molecule has 0 spiro atoms. The fraction of sp³-hybridized carbons (Fsp3) is 0.227. The molecule has 1 aromatic carbocycles. The molecule has 0 unspecified atom stereocenters. The van der Waals surface area contributed by atoms with Gasteiger partial charge in [-0.05, 0) is 64.6 Å². The molecular formula is C22H22N4O4S2. The van der Waals surface area contributed by atoms with Crippen LogP contribution in [0.3, 0.4) is 0 Å². The first-order chi connectivity index (χ1) is 15.1. The van der Waals surface area contributed by atoms with E-state index in [4.69, 9.17) is 4.52 Å². The molecule has 0 saturated carbocycles. The van der Waals surface area contributed by atoms with Crippen molar-refractivity contribution in [1.29, 1.82) is 0 Å². The number of fused-ring (bicyclic) bond motifs is 1. The Kier molecular flexibility index (Phi) is 5.61. The van der Waals surface area contributed by atoms with E-state index >= 15 is 0 Å². The molecule has 4 rings (SSSR count). The number of nitrogens with zero attached hydrogens (tertiary/aromatic N) is 2. The third-order valence-electron chi connectivity index (χ3n) is 5.18. The minimum absolute atomic E-state index is 0.101. The summed E-state index contributed by atoms with van der Waals surface area (Å²) in [5, 5.41) is 7.30. The van der Waals surface area contributed by atoms with Crippen LogP contribution in [0.4, 0.5) is 5.69 Å². The van der Waals surface area contributed by atoms with Crippen LogP contribution in [0.1, 0.15) is 31.4 Å². The number of rotatable bonds is 5. The maximum atomic E-state index is 13.3. The summed E-state index contributed by atoms with van der Waals surface area (Å²) in [6, 6.07) is 8.48.